The van der Waals surface area contributed by atoms with Crippen LogP contribution in [0.5, 0.6) is 5.88 Å². The molecule has 2 aromatic heterocycles. The zero-order valence-corrected chi connectivity index (χ0v) is 10.0. The third-order valence-corrected chi connectivity index (χ3v) is 2.38. The first kappa shape index (κ1) is 12.0. The van der Waals surface area contributed by atoms with E-state index >= 15 is 0 Å². The lowest BCUT2D eigenvalue weighted by Gasteiger charge is -2.04. The van der Waals surface area contributed by atoms with E-state index in [-0.39, 0.29) is 17.3 Å². The van der Waals surface area contributed by atoms with E-state index < -0.39 is 0 Å². The number of carbonyl (C=O) groups excluding carboxylic acids is 1. The number of methoxy groups -OCH3 is 1. The predicted octanol–water partition coefficient (Wildman–Crippen LogP) is 1.00. The van der Waals surface area contributed by atoms with Gasteiger partial charge in [-0.3, -0.25) is 4.79 Å². The van der Waals surface area contributed by atoms with Gasteiger partial charge in [0.05, 0.1) is 12.7 Å². The molecule has 0 amide bonds. The fourth-order valence-corrected chi connectivity index (χ4v) is 1.45. The molecule has 0 radical (unpaired) electrons. The third-order valence-electron chi connectivity index (χ3n) is 2.38. The molecule has 0 fully saturated rings. The summed E-state index contributed by atoms with van der Waals surface area (Å²) in [5.41, 5.74) is 7.07. The van der Waals surface area contributed by atoms with Crippen molar-refractivity contribution in [2.24, 2.45) is 0 Å². The van der Waals surface area contributed by atoms with Crippen molar-refractivity contribution >= 4 is 11.6 Å². The van der Waals surface area contributed by atoms with Crippen LogP contribution >= 0.6 is 0 Å². The van der Waals surface area contributed by atoms with Crippen molar-refractivity contribution in [1.29, 1.82) is 0 Å². The molecule has 2 aromatic rings. The topological polar surface area (TPSA) is 91.0 Å². The quantitative estimate of drug-likeness (QED) is 0.810. The maximum Gasteiger partial charge on any atom is 0.233 e. The van der Waals surface area contributed by atoms with E-state index in [1.54, 1.807) is 18.3 Å². The van der Waals surface area contributed by atoms with Crippen molar-refractivity contribution in [1.82, 2.24) is 15.2 Å². The minimum absolute atomic E-state index is 0.184. The van der Waals surface area contributed by atoms with Crippen LogP contribution in [-0.2, 0) is 0 Å². The van der Waals surface area contributed by atoms with Gasteiger partial charge in [-0.05, 0) is 24.6 Å². The van der Waals surface area contributed by atoms with E-state index in [9.17, 15) is 4.79 Å². The fraction of sp³-hybridized carbons (Fsp3) is 0.167. The molecule has 0 aromatic carbocycles. The highest BCUT2D eigenvalue weighted by Crippen LogP contribution is 2.15. The molecule has 0 bridgehead atoms. The summed E-state index contributed by atoms with van der Waals surface area (Å²) in [4.78, 5) is 16.1. The Hall–Kier alpha value is -2.50. The number of aryl methyl sites for hydroxylation is 1. The first-order valence-electron chi connectivity index (χ1n) is 5.26. The summed E-state index contributed by atoms with van der Waals surface area (Å²) < 4.78 is 4.88. The SMILES string of the molecule is COc1ccc(C(=O)c2cc(C)cnc2N)nn1. The Kier molecular flexibility index (Phi) is 3.18. The van der Waals surface area contributed by atoms with Crippen LogP contribution in [0.4, 0.5) is 5.82 Å². The van der Waals surface area contributed by atoms with E-state index in [1.165, 1.54) is 13.2 Å². The van der Waals surface area contributed by atoms with E-state index in [0.29, 0.717) is 11.4 Å². The standard InChI is InChI=1S/C12H12N4O2/c1-7-5-8(12(13)14-6-7)11(17)9-3-4-10(18-2)16-15-9/h3-6H,1-2H3,(H2,13,14). The molecule has 0 saturated heterocycles. The molecule has 0 aliphatic carbocycles. The molecule has 2 N–H and O–H groups in total. The van der Waals surface area contributed by atoms with E-state index in [4.69, 9.17) is 10.5 Å². The van der Waals surface area contributed by atoms with Crippen molar-refractivity contribution in [3.05, 3.63) is 41.2 Å². The number of anilines is 1. The molecule has 2 heterocycles. The summed E-state index contributed by atoms with van der Waals surface area (Å²) in [7, 11) is 1.48. The minimum atomic E-state index is -0.307. The Balaban J connectivity index is 2.38. The van der Waals surface area contributed by atoms with Crippen LogP contribution in [0, 0.1) is 6.92 Å². The molecule has 0 atom stereocenters. The van der Waals surface area contributed by atoms with Crippen LogP contribution in [0.1, 0.15) is 21.6 Å². The molecular formula is C12H12N4O2. The van der Waals surface area contributed by atoms with Gasteiger partial charge in [0, 0.05) is 12.3 Å². The maximum absolute atomic E-state index is 12.2. The number of hydrogen-bond acceptors (Lipinski definition) is 6. The summed E-state index contributed by atoms with van der Waals surface area (Å²) in [6, 6.07) is 4.78. The highest BCUT2D eigenvalue weighted by atomic mass is 16.5. The second-order valence-electron chi connectivity index (χ2n) is 3.74. The molecule has 92 valence electrons. The van der Waals surface area contributed by atoms with Gasteiger partial charge in [0.2, 0.25) is 11.7 Å². The molecule has 0 saturated carbocycles. The van der Waals surface area contributed by atoms with Crippen LogP contribution in [0.3, 0.4) is 0 Å². The van der Waals surface area contributed by atoms with Crippen molar-refractivity contribution in [2.75, 3.05) is 12.8 Å². The molecule has 18 heavy (non-hydrogen) atoms. The van der Waals surface area contributed by atoms with Crippen molar-refractivity contribution < 1.29 is 9.53 Å². The average Bonchev–Trinajstić information content (AvgIpc) is 2.41. The molecular weight excluding hydrogens is 232 g/mol. The lowest BCUT2D eigenvalue weighted by atomic mass is 10.1. The largest absolute Gasteiger partial charge is 0.480 e. The number of ketones is 1. The second kappa shape index (κ2) is 4.79. The van der Waals surface area contributed by atoms with Crippen molar-refractivity contribution in [3.8, 4) is 5.88 Å². The zero-order chi connectivity index (χ0) is 13.1. The second-order valence-corrected chi connectivity index (χ2v) is 3.74. The first-order chi connectivity index (χ1) is 8.61. The number of hydrogen-bond donors (Lipinski definition) is 1. The first-order valence-corrected chi connectivity index (χ1v) is 5.26. The van der Waals surface area contributed by atoms with Gasteiger partial charge in [-0.1, -0.05) is 0 Å². The molecule has 0 unspecified atom stereocenters. The Morgan fingerprint density at radius 3 is 2.72 bits per heavy atom. The van der Waals surface area contributed by atoms with Gasteiger partial charge in [-0.25, -0.2) is 4.98 Å². The predicted molar refractivity (Wildman–Crippen MR) is 65.4 cm³/mol. The third kappa shape index (κ3) is 2.27. The van der Waals surface area contributed by atoms with Gasteiger partial charge < -0.3 is 10.5 Å². The van der Waals surface area contributed by atoms with Crippen molar-refractivity contribution in [3.63, 3.8) is 0 Å². The summed E-state index contributed by atoms with van der Waals surface area (Å²) >= 11 is 0. The number of ether oxygens (including phenoxy) is 1. The lowest BCUT2D eigenvalue weighted by Crippen LogP contribution is -2.10. The number of nitrogens with zero attached hydrogens (tertiary/aromatic N) is 3. The van der Waals surface area contributed by atoms with Gasteiger partial charge >= 0.3 is 0 Å². The molecule has 6 nitrogen and oxygen atoms in total. The van der Waals surface area contributed by atoms with Gasteiger partial charge in [-0.2, -0.15) is 0 Å². The fourth-order valence-electron chi connectivity index (χ4n) is 1.45. The number of nitrogens with two attached hydrogens (primary N) is 1. The summed E-state index contributed by atoms with van der Waals surface area (Å²) in [5, 5.41) is 7.53. The zero-order valence-electron chi connectivity index (χ0n) is 10.0. The maximum atomic E-state index is 12.2. The molecule has 0 aliphatic rings. The number of nitrogen functional groups attached to an aromatic ring is 1. The molecule has 0 aliphatic heterocycles. The number of aromatic nitrogens is 3. The lowest BCUT2D eigenvalue weighted by molar-refractivity contribution is 0.103. The minimum Gasteiger partial charge on any atom is -0.480 e. The van der Waals surface area contributed by atoms with Gasteiger partial charge in [0.25, 0.3) is 0 Å². The van der Waals surface area contributed by atoms with Crippen LogP contribution in [-0.4, -0.2) is 28.1 Å². The molecule has 6 heteroatoms. The van der Waals surface area contributed by atoms with Crippen LogP contribution in [0.15, 0.2) is 24.4 Å². The summed E-state index contributed by atoms with van der Waals surface area (Å²) in [6.45, 7) is 1.84. The van der Waals surface area contributed by atoms with E-state index in [1.807, 2.05) is 6.92 Å². The Bertz CT molecular complexity index is 581. The highest BCUT2D eigenvalue weighted by molar-refractivity contribution is 6.10. The van der Waals surface area contributed by atoms with Crippen molar-refractivity contribution in [2.45, 2.75) is 6.92 Å². The Morgan fingerprint density at radius 2 is 2.11 bits per heavy atom. The van der Waals surface area contributed by atoms with Gasteiger partial charge in [0.15, 0.2) is 0 Å². The Labute approximate surface area is 104 Å². The normalized spacial score (nSPS) is 10.1. The van der Waals surface area contributed by atoms with Crippen LogP contribution < -0.4 is 10.5 Å². The number of rotatable bonds is 3. The van der Waals surface area contributed by atoms with E-state index in [0.717, 1.165) is 5.56 Å². The number of pyridine rings is 1. The highest BCUT2D eigenvalue weighted by Gasteiger charge is 2.15. The number of carbonyl (C=O) groups is 1. The van der Waals surface area contributed by atoms with Crippen LogP contribution in [0.2, 0.25) is 0 Å². The average molecular weight is 244 g/mol. The smallest absolute Gasteiger partial charge is 0.233 e. The monoisotopic (exact) mass is 244 g/mol. The Morgan fingerprint density at radius 1 is 1.33 bits per heavy atom. The van der Waals surface area contributed by atoms with Gasteiger partial charge in [0.1, 0.15) is 11.5 Å². The molecule has 2 rings (SSSR count). The summed E-state index contributed by atoms with van der Waals surface area (Å²) in [5.74, 6) is 0.226. The summed E-state index contributed by atoms with van der Waals surface area (Å²) in [6.07, 6.45) is 1.60. The van der Waals surface area contributed by atoms with Crippen LogP contribution in [0.25, 0.3) is 0 Å². The molecule has 0 spiro atoms. The van der Waals surface area contributed by atoms with E-state index in [2.05, 4.69) is 15.2 Å². The van der Waals surface area contributed by atoms with Gasteiger partial charge in [-0.15, -0.1) is 10.2 Å².